The van der Waals surface area contributed by atoms with E-state index in [4.69, 9.17) is 0 Å². The molecule has 0 saturated carbocycles. The summed E-state index contributed by atoms with van der Waals surface area (Å²) >= 11 is 1.75. The van der Waals surface area contributed by atoms with Gasteiger partial charge in [-0.2, -0.15) is 11.8 Å². The predicted molar refractivity (Wildman–Crippen MR) is 91.7 cm³/mol. The summed E-state index contributed by atoms with van der Waals surface area (Å²) in [6.07, 6.45) is 5.64. The molecule has 1 amide bonds. The molecule has 118 valence electrons. The lowest BCUT2D eigenvalue weighted by atomic mass is 10.1. The fourth-order valence-corrected chi connectivity index (χ4v) is 2.85. The fraction of sp³-hybridized carbons (Fsp3) is 0.176. The summed E-state index contributed by atoms with van der Waals surface area (Å²) in [4.78, 5) is 16.5. The smallest absolute Gasteiger partial charge is 0.251 e. The van der Waals surface area contributed by atoms with E-state index in [2.05, 4.69) is 10.3 Å². The summed E-state index contributed by atoms with van der Waals surface area (Å²) < 4.78 is 1.73. The van der Waals surface area contributed by atoms with E-state index < -0.39 is 0 Å². The lowest BCUT2D eigenvalue weighted by molar-refractivity contribution is 0.0950. The highest BCUT2D eigenvalue weighted by molar-refractivity contribution is 7.97. The Morgan fingerprint density at radius 1 is 1.30 bits per heavy atom. The molecule has 0 bridgehead atoms. The molecule has 3 rings (SSSR count). The van der Waals surface area contributed by atoms with Crippen LogP contribution in [0.3, 0.4) is 0 Å². The van der Waals surface area contributed by atoms with Crippen molar-refractivity contribution in [1.82, 2.24) is 14.7 Å². The minimum absolute atomic E-state index is 0.120. The Labute approximate surface area is 138 Å². The van der Waals surface area contributed by atoms with Gasteiger partial charge in [-0.3, -0.25) is 4.79 Å². The number of thioether (sulfide) groups is 1. The first-order valence-corrected chi connectivity index (χ1v) is 8.58. The molecule has 0 radical (unpaired) electrons. The molecule has 0 spiro atoms. The Hall–Kier alpha value is -2.47. The zero-order valence-corrected chi connectivity index (χ0v) is 13.5. The van der Waals surface area contributed by atoms with Gasteiger partial charge in [-0.15, -0.1) is 0 Å². The maximum Gasteiger partial charge on any atom is 0.251 e. The number of amides is 1. The molecule has 0 aliphatic carbocycles. The lowest BCUT2D eigenvalue weighted by Gasteiger charge is -2.04. The number of hydrogen-bond acceptors (Lipinski definition) is 4. The Balaban J connectivity index is 1.66. The molecule has 3 aromatic rings. The van der Waals surface area contributed by atoms with Crippen molar-refractivity contribution in [3.63, 3.8) is 0 Å². The van der Waals surface area contributed by atoms with Crippen LogP contribution in [0.15, 0.2) is 48.8 Å². The quantitative estimate of drug-likeness (QED) is 0.756. The molecule has 0 unspecified atom stereocenters. The molecular formula is C17H17N3O2S. The number of hydrogen-bond donors (Lipinski definition) is 2. The van der Waals surface area contributed by atoms with Crippen LogP contribution in [0.5, 0.6) is 5.75 Å². The molecule has 0 fully saturated rings. The topological polar surface area (TPSA) is 66.6 Å². The largest absolute Gasteiger partial charge is 0.504 e. The van der Waals surface area contributed by atoms with Crippen LogP contribution < -0.4 is 5.32 Å². The SMILES string of the molecule is CSCc1ccc(C(=O)NCc2cn3cccc(O)c3n2)cc1. The molecule has 5 nitrogen and oxygen atoms in total. The van der Waals surface area contributed by atoms with Crippen molar-refractivity contribution >= 4 is 23.3 Å². The highest BCUT2D eigenvalue weighted by atomic mass is 32.2. The molecule has 2 N–H and O–H groups in total. The van der Waals surface area contributed by atoms with Crippen molar-refractivity contribution < 1.29 is 9.90 Å². The third-order valence-corrected chi connectivity index (χ3v) is 4.09. The van der Waals surface area contributed by atoms with Gasteiger partial charge in [0, 0.05) is 23.7 Å². The van der Waals surface area contributed by atoms with Crippen LogP contribution >= 0.6 is 11.8 Å². The molecule has 2 heterocycles. The number of fused-ring (bicyclic) bond motifs is 1. The van der Waals surface area contributed by atoms with Gasteiger partial charge < -0.3 is 14.8 Å². The van der Waals surface area contributed by atoms with Gasteiger partial charge in [0.15, 0.2) is 11.4 Å². The van der Waals surface area contributed by atoms with E-state index in [-0.39, 0.29) is 11.7 Å². The summed E-state index contributed by atoms with van der Waals surface area (Å²) in [5, 5.41) is 12.6. The molecule has 0 aliphatic rings. The number of aromatic nitrogens is 2. The second-order valence-corrected chi connectivity index (χ2v) is 6.04. The van der Waals surface area contributed by atoms with E-state index >= 15 is 0 Å². The van der Waals surface area contributed by atoms with Crippen molar-refractivity contribution in [2.45, 2.75) is 12.3 Å². The third-order valence-electron chi connectivity index (χ3n) is 3.47. The average Bonchev–Trinajstić information content (AvgIpc) is 2.98. The summed E-state index contributed by atoms with van der Waals surface area (Å²) in [7, 11) is 0. The van der Waals surface area contributed by atoms with Crippen LogP contribution in [0.25, 0.3) is 5.65 Å². The normalized spacial score (nSPS) is 10.8. The highest BCUT2D eigenvalue weighted by Crippen LogP contribution is 2.16. The van der Waals surface area contributed by atoms with E-state index in [9.17, 15) is 9.90 Å². The number of nitrogens with one attached hydrogen (secondary N) is 1. The van der Waals surface area contributed by atoms with Crippen molar-refractivity contribution in [3.8, 4) is 5.75 Å². The van der Waals surface area contributed by atoms with Crippen molar-refractivity contribution in [1.29, 1.82) is 0 Å². The zero-order chi connectivity index (χ0) is 16.2. The number of imidazole rings is 1. The Bertz CT molecular complexity index is 827. The number of carbonyl (C=O) groups is 1. The number of aromatic hydroxyl groups is 1. The summed E-state index contributed by atoms with van der Waals surface area (Å²) in [6, 6.07) is 10.9. The highest BCUT2D eigenvalue weighted by Gasteiger charge is 2.08. The summed E-state index contributed by atoms with van der Waals surface area (Å²) in [5.74, 6) is 0.920. The van der Waals surface area contributed by atoms with Crippen molar-refractivity contribution in [2.24, 2.45) is 0 Å². The van der Waals surface area contributed by atoms with Crippen LogP contribution in [-0.4, -0.2) is 26.7 Å². The predicted octanol–water partition coefficient (Wildman–Crippen LogP) is 2.83. The van der Waals surface area contributed by atoms with Crippen molar-refractivity contribution in [3.05, 3.63) is 65.6 Å². The van der Waals surface area contributed by atoms with Gasteiger partial charge >= 0.3 is 0 Å². The van der Waals surface area contributed by atoms with Crippen LogP contribution in [0, 0.1) is 0 Å². The van der Waals surface area contributed by atoms with E-state index in [0.717, 1.165) is 5.75 Å². The second-order valence-electron chi connectivity index (χ2n) is 5.17. The molecule has 1 aromatic carbocycles. The van der Waals surface area contributed by atoms with Crippen LogP contribution in [0.2, 0.25) is 0 Å². The second kappa shape index (κ2) is 6.75. The minimum atomic E-state index is -0.137. The number of carbonyl (C=O) groups excluding carboxylic acids is 1. The molecule has 0 aliphatic heterocycles. The molecule has 0 saturated heterocycles. The Morgan fingerprint density at radius 2 is 2.09 bits per heavy atom. The van der Waals surface area contributed by atoms with Gasteiger partial charge in [0.1, 0.15) is 0 Å². The number of rotatable bonds is 5. The van der Waals surface area contributed by atoms with E-state index in [1.807, 2.05) is 30.5 Å². The third kappa shape index (κ3) is 3.48. The number of benzene rings is 1. The van der Waals surface area contributed by atoms with Gasteiger partial charge in [-0.05, 0) is 36.1 Å². The summed E-state index contributed by atoms with van der Waals surface area (Å²) in [5.41, 5.74) is 3.00. The van der Waals surface area contributed by atoms with E-state index in [1.165, 1.54) is 5.56 Å². The standard InChI is InChI=1S/C17H17N3O2S/c1-23-11-12-4-6-13(7-5-12)17(22)18-9-14-10-20-8-2-3-15(21)16(20)19-14/h2-8,10,21H,9,11H2,1H3,(H,18,22). The van der Waals surface area contributed by atoms with Gasteiger partial charge in [-0.25, -0.2) is 4.98 Å². The van der Waals surface area contributed by atoms with E-state index in [0.29, 0.717) is 23.4 Å². The number of nitrogens with zero attached hydrogens (tertiary/aromatic N) is 2. The molecule has 0 atom stereocenters. The van der Waals surface area contributed by atoms with Gasteiger partial charge in [-0.1, -0.05) is 12.1 Å². The fourth-order valence-electron chi connectivity index (χ4n) is 2.33. The van der Waals surface area contributed by atoms with Gasteiger partial charge in [0.2, 0.25) is 0 Å². The Kier molecular flexibility index (Phi) is 4.52. The first-order chi connectivity index (χ1) is 11.2. The average molecular weight is 327 g/mol. The first kappa shape index (κ1) is 15.4. The monoisotopic (exact) mass is 327 g/mol. The molecular weight excluding hydrogens is 310 g/mol. The van der Waals surface area contributed by atoms with E-state index in [1.54, 1.807) is 40.7 Å². The molecule has 23 heavy (non-hydrogen) atoms. The molecule has 2 aromatic heterocycles. The first-order valence-electron chi connectivity index (χ1n) is 7.19. The maximum atomic E-state index is 12.2. The Morgan fingerprint density at radius 3 is 2.78 bits per heavy atom. The maximum absolute atomic E-state index is 12.2. The van der Waals surface area contributed by atoms with Gasteiger partial charge in [0.25, 0.3) is 5.91 Å². The van der Waals surface area contributed by atoms with Gasteiger partial charge in [0.05, 0.1) is 12.2 Å². The lowest BCUT2D eigenvalue weighted by Crippen LogP contribution is -2.22. The summed E-state index contributed by atoms with van der Waals surface area (Å²) in [6.45, 7) is 0.312. The van der Waals surface area contributed by atoms with Crippen LogP contribution in [0.1, 0.15) is 21.6 Å². The minimum Gasteiger partial charge on any atom is -0.504 e. The van der Waals surface area contributed by atoms with Crippen molar-refractivity contribution in [2.75, 3.05) is 6.26 Å². The molecule has 6 heteroatoms. The zero-order valence-electron chi connectivity index (χ0n) is 12.7. The van der Waals surface area contributed by atoms with Crippen LogP contribution in [-0.2, 0) is 12.3 Å². The number of pyridine rings is 1. The van der Waals surface area contributed by atoms with Crippen LogP contribution in [0.4, 0.5) is 0 Å².